The summed E-state index contributed by atoms with van der Waals surface area (Å²) in [6.07, 6.45) is -3.80. The van der Waals surface area contributed by atoms with Crippen LogP contribution < -0.4 is 5.32 Å². The van der Waals surface area contributed by atoms with Crippen LogP contribution in [0.4, 0.5) is 18.9 Å². The summed E-state index contributed by atoms with van der Waals surface area (Å²) < 4.78 is 43.2. The van der Waals surface area contributed by atoms with Gasteiger partial charge in [-0.3, -0.25) is 14.5 Å². The highest BCUT2D eigenvalue weighted by Gasteiger charge is 2.33. The molecule has 0 aliphatic carbocycles. The molecule has 1 aromatic carbocycles. The summed E-state index contributed by atoms with van der Waals surface area (Å²) in [6.45, 7) is 2.79. The van der Waals surface area contributed by atoms with Crippen molar-refractivity contribution in [3.8, 4) is 0 Å². The van der Waals surface area contributed by atoms with Gasteiger partial charge in [0.15, 0.2) is 0 Å². The van der Waals surface area contributed by atoms with Gasteiger partial charge in [0.05, 0.1) is 24.9 Å². The first-order valence-electron chi connectivity index (χ1n) is 7.53. The summed E-state index contributed by atoms with van der Waals surface area (Å²) in [5.41, 5.74) is -1.15. The molecular formula is C16H21F3N2O3. The van der Waals surface area contributed by atoms with Crippen LogP contribution in [0.5, 0.6) is 0 Å². The number of anilines is 1. The van der Waals surface area contributed by atoms with Crippen LogP contribution in [0.1, 0.15) is 25.3 Å². The molecule has 1 N–H and O–H groups in total. The van der Waals surface area contributed by atoms with Gasteiger partial charge in [0.2, 0.25) is 5.91 Å². The molecule has 0 aliphatic rings. The molecule has 0 saturated heterocycles. The highest BCUT2D eigenvalue weighted by Crippen LogP contribution is 2.34. The quantitative estimate of drug-likeness (QED) is 0.736. The molecule has 0 aromatic heterocycles. The number of amides is 1. The predicted octanol–water partition coefficient (Wildman–Crippen LogP) is 2.92. The summed E-state index contributed by atoms with van der Waals surface area (Å²) in [5.74, 6) is -0.874. The van der Waals surface area contributed by atoms with E-state index in [9.17, 15) is 22.8 Å². The van der Waals surface area contributed by atoms with E-state index in [-0.39, 0.29) is 24.6 Å². The minimum atomic E-state index is -4.53. The number of hydrogen-bond donors (Lipinski definition) is 1. The van der Waals surface area contributed by atoms with E-state index in [1.807, 2.05) is 6.92 Å². The number of alkyl halides is 3. The van der Waals surface area contributed by atoms with E-state index in [2.05, 4.69) is 10.1 Å². The largest absolute Gasteiger partial charge is 0.469 e. The molecule has 0 aliphatic heterocycles. The molecule has 134 valence electrons. The van der Waals surface area contributed by atoms with E-state index < -0.39 is 17.6 Å². The van der Waals surface area contributed by atoms with Crippen LogP contribution in [0.3, 0.4) is 0 Å². The number of methoxy groups -OCH3 is 1. The molecule has 0 bridgehead atoms. The molecule has 24 heavy (non-hydrogen) atoms. The second-order valence-electron chi connectivity index (χ2n) is 5.14. The van der Waals surface area contributed by atoms with Crippen LogP contribution >= 0.6 is 0 Å². The number of para-hydroxylation sites is 1. The van der Waals surface area contributed by atoms with Crippen molar-refractivity contribution in [2.45, 2.75) is 25.9 Å². The molecule has 0 unspecified atom stereocenters. The Hall–Kier alpha value is -2.09. The van der Waals surface area contributed by atoms with E-state index in [0.29, 0.717) is 19.5 Å². The summed E-state index contributed by atoms with van der Waals surface area (Å²) >= 11 is 0. The second kappa shape index (κ2) is 9.27. The molecule has 5 nitrogen and oxygen atoms in total. The first-order chi connectivity index (χ1) is 11.3. The maximum atomic E-state index is 12.9. The Kier molecular flexibility index (Phi) is 7.70. The highest BCUT2D eigenvalue weighted by atomic mass is 19.4. The molecule has 8 heteroatoms. The van der Waals surface area contributed by atoms with Crippen LogP contribution in [-0.2, 0) is 20.5 Å². The Morgan fingerprint density at radius 3 is 2.50 bits per heavy atom. The van der Waals surface area contributed by atoms with Gasteiger partial charge in [-0.15, -0.1) is 0 Å². The molecule has 1 aromatic rings. The van der Waals surface area contributed by atoms with E-state index >= 15 is 0 Å². The summed E-state index contributed by atoms with van der Waals surface area (Å²) in [4.78, 5) is 24.8. The van der Waals surface area contributed by atoms with Crippen LogP contribution in [-0.4, -0.2) is 43.5 Å². The first-order valence-corrected chi connectivity index (χ1v) is 7.53. The fraction of sp³-hybridized carbons (Fsp3) is 0.500. The zero-order valence-electron chi connectivity index (χ0n) is 13.7. The normalized spacial score (nSPS) is 11.4. The van der Waals surface area contributed by atoms with Crippen molar-refractivity contribution in [3.05, 3.63) is 29.8 Å². The summed E-state index contributed by atoms with van der Waals surface area (Å²) in [5, 5.41) is 2.30. The number of carbonyl (C=O) groups is 2. The number of ether oxygens (including phenoxy) is 1. The topological polar surface area (TPSA) is 58.6 Å². The molecule has 0 atom stereocenters. The second-order valence-corrected chi connectivity index (χ2v) is 5.14. The van der Waals surface area contributed by atoms with Gasteiger partial charge in [0, 0.05) is 6.42 Å². The maximum absolute atomic E-state index is 12.9. The van der Waals surface area contributed by atoms with E-state index in [1.165, 1.54) is 25.3 Å². The van der Waals surface area contributed by atoms with Crippen molar-refractivity contribution in [1.82, 2.24) is 4.90 Å². The SMILES string of the molecule is CCN(CCCC(=O)OC)CC(=O)Nc1ccccc1C(F)(F)F. The Morgan fingerprint density at radius 2 is 1.92 bits per heavy atom. The number of rotatable bonds is 8. The number of nitrogens with zero attached hydrogens (tertiary/aromatic N) is 1. The van der Waals surface area contributed by atoms with Crippen molar-refractivity contribution in [2.24, 2.45) is 0 Å². The Balaban J connectivity index is 2.60. The molecule has 1 rings (SSSR count). The van der Waals surface area contributed by atoms with Crippen molar-refractivity contribution in [1.29, 1.82) is 0 Å². The van der Waals surface area contributed by atoms with Gasteiger partial charge in [0.1, 0.15) is 0 Å². The van der Waals surface area contributed by atoms with Gasteiger partial charge in [-0.1, -0.05) is 19.1 Å². The third-order valence-electron chi connectivity index (χ3n) is 3.40. The number of benzene rings is 1. The lowest BCUT2D eigenvalue weighted by Crippen LogP contribution is -2.34. The molecule has 0 radical (unpaired) electrons. The van der Waals surface area contributed by atoms with Gasteiger partial charge in [-0.2, -0.15) is 13.2 Å². The highest BCUT2D eigenvalue weighted by molar-refractivity contribution is 5.93. The van der Waals surface area contributed by atoms with Gasteiger partial charge in [-0.25, -0.2) is 0 Å². The van der Waals surface area contributed by atoms with Crippen molar-refractivity contribution >= 4 is 17.6 Å². The Labute approximate surface area is 138 Å². The lowest BCUT2D eigenvalue weighted by atomic mass is 10.1. The zero-order valence-corrected chi connectivity index (χ0v) is 13.7. The van der Waals surface area contributed by atoms with Crippen molar-refractivity contribution < 1.29 is 27.5 Å². The third kappa shape index (κ3) is 6.57. The average molecular weight is 346 g/mol. The summed E-state index contributed by atoms with van der Waals surface area (Å²) in [6, 6.07) is 4.83. The third-order valence-corrected chi connectivity index (χ3v) is 3.40. The molecule has 0 fully saturated rings. The van der Waals surface area contributed by atoms with Gasteiger partial charge < -0.3 is 10.1 Å². The first kappa shape index (κ1) is 20.0. The predicted molar refractivity (Wildman–Crippen MR) is 83.4 cm³/mol. The smallest absolute Gasteiger partial charge is 0.418 e. The monoisotopic (exact) mass is 346 g/mol. The van der Waals surface area contributed by atoms with Crippen LogP contribution in [0.25, 0.3) is 0 Å². The molecule has 1 amide bonds. The lowest BCUT2D eigenvalue weighted by Gasteiger charge is -2.20. The minimum absolute atomic E-state index is 0.0517. The molecule has 0 saturated carbocycles. The number of carbonyl (C=O) groups excluding carboxylic acids is 2. The zero-order chi connectivity index (χ0) is 18.2. The average Bonchev–Trinajstić information content (AvgIpc) is 2.53. The standard InChI is InChI=1S/C16H21F3N2O3/c1-3-21(10-6-9-15(23)24-2)11-14(22)20-13-8-5-4-7-12(13)16(17,18)19/h4-5,7-8H,3,6,9-11H2,1-2H3,(H,20,22). The van der Waals surface area contributed by atoms with E-state index in [0.717, 1.165) is 6.07 Å². The van der Waals surface area contributed by atoms with E-state index in [4.69, 9.17) is 0 Å². The Bertz CT molecular complexity index is 562. The van der Waals surface area contributed by atoms with Crippen LogP contribution in [0, 0.1) is 0 Å². The minimum Gasteiger partial charge on any atom is -0.469 e. The van der Waals surface area contributed by atoms with Crippen LogP contribution in [0.15, 0.2) is 24.3 Å². The molecular weight excluding hydrogens is 325 g/mol. The van der Waals surface area contributed by atoms with Crippen molar-refractivity contribution in [3.63, 3.8) is 0 Å². The Morgan fingerprint density at radius 1 is 1.25 bits per heavy atom. The molecule has 0 spiro atoms. The number of halogens is 3. The maximum Gasteiger partial charge on any atom is 0.418 e. The fourth-order valence-corrected chi connectivity index (χ4v) is 2.13. The molecule has 0 heterocycles. The summed E-state index contributed by atoms with van der Waals surface area (Å²) in [7, 11) is 1.30. The van der Waals surface area contributed by atoms with Gasteiger partial charge in [0.25, 0.3) is 0 Å². The van der Waals surface area contributed by atoms with E-state index in [1.54, 1.807) is 4.90 Å². The fourth-order valence-electron chi connectivity index (χ4n) is 2.13. The number of nitrogens with one attached hydrogen (secondary N) is 1. The van der Waals surface area contributed by atoms with Gasteiger partial charge >= 0.3 is 12.1 Å². The lowest BCUT2D eigenvalue weighted by molar-refractivity contribution is -0.140. The van der Waals surface area contributed by atoms with Gasteiger partial charge in [-0.05, 0) is 31.6 Å². The number of esters is 1. The van der Waals surface area contributed by atoms with Crippen molar-refractivity contribution in [2.75, 3.05) is 32.1 Å². The van der Waals surface area contributed by atoms with Crippen LogP contribution in [0.2, 0.25) is 0 Å². The number of likely N-dealkylation sites (N-methyl/N-ethyl adjacent to an activating group) is 1. The number of hydrogen-bond acceptors (Lipinski definition) is 4.